The fourth-order valence-electron chi connectivity index (χ4n) is 3.44. The van der Waals surface area contributed by atoms with E-state index in [0.29, 0.717) is 24.5 Å². The number of nitriles is 2. The van der Waals surface area contributed by atoms with Gasteiger partial charge in [-0.2, -0.15) is 10.5 Å². The lowest BCUT2D eigenvalue weighted by Crippen LogP contribution is -2.10. The first-order valence-corrected chi connectivity index (χ1v) is 9.01. The molecule has 4 nitrogen and oxygen atoms in total. The van der Waals surface area contributed by atoms with Crippen molar-refractivity contribution < 1.29 is 9.53 Å². The summed E-state index contributed by atoms with van der Waals surface area (Å²) >= 11 is 5.65. The molecule has 1 unspecified atom stereocenters. The molecule has 0 fully saturated rings. The Bertz CT molecular complexity index is 897. The zero-order chi connectivity index (χ0) is 18.5. The van der Waals surface area contributed by atoms with Crippen molar-refractivity contribution in [1.29, 1.82) is 10.5 Å². The van der Waals surface area contributed by atoms with E-state index in [9.17, 15) is 15.3 Å². The van der Waals surface area contributed by atoms with Gasteiger partial charge < -0.3 is 4.74 Å². The van der Waals surface area contributed by atoms with Gasteiger partial charge in [-0.3, -0.25) is 0 Å². The van der Waals surface area contributed by atoms with Gasteiger partial charge >= 0.3 is 5.97 Å². The Labute approximate surface area is 157 Å². The van der Waals surface area contributed by atoms with E-state index in [0.717, 1.165) is 28.7 Å². The van der Waals surface area contributed by atoms with Crippen LogP contribution in [0.4, 0.5) is 0 Å². The SMILES string of the molecule is N#CC(C#N)C1c2ccccc2-c2c(C(=O)OCCCCCl)cccc21. The number of carbonyl (C=O) groups is 1. The Balaban J connectivity index is 2.03. The summed E-state index contributed by atoms with van der Waals surface area (Å²) in [7, 11) is 0. The average Bonchev–Trinajstić information content (AvgIpc) is 3.01. The third kappa shape index (κ3) is 3.17. The number of rotatable bonds is 6. The fraction of sp³-hybridized carbons (Fsp3) is 0.286. The van der Waals surface area contributed by atoms with Crippen molar-refractivity contribution in [2.45, 2.75) is 18.8 Å². The number of nitrogens with zero attached hydrogens (tertiary/aromatic N) is 2. The molecule has 0 spiro atoms. The highest BCUT2D eigenvalue weighted by Gasteiger charge is 2.37. The summed E-state index contributed by atoms with van der Waals surface area (Å²) in [5.41, 5.74) is 3.85. The number of alkyl halides is 1. The minimum atomic E-state index is -0.813. The molecular weight excluding hydrogens is 348 g/mol. The molecular formula is C21H17ClN2O2. The lowest BCUT2D eigenvalue weighted by atomic mass is 9.85. The molecule has 26 heavy (non-hydrogen) atoms. The third-order valence-electron chi connectivity index (χ3n) is 4.59. The van der Waals surface area contributed by atoms with E-state index in [-0.39, 0.29) is 5.92 Å². The summed E-state index contributed by atoms with van der Waals surface area (Å²) in [6.07, 6.45) is 1.51. The van der Waals surface area contributed by atoms with Gasteiger partial charge in [0, 0.05) is 17.4 Å². The number of esters is 1. The Morgan fingerprint density at radius 1 is 1.08 bits per heavy atom. The monoisotopic (exact) mass is 364 g/mol. The molecule has 0 N–H and O–H groups in total. The van der Waals surface area contributed by atoms with Crippen LogP contribution in [-0.2, 0) is 4.74 Å². The molecule has 1 aliphatic carbocycles. The lowest BCUT2D eigenvalue weighted by Gasteiger charge is -2.14. The van der Waals surface area contributed by atoms with Gasteiger partial charge in [-0.15, -0.1) is 11.6 Å². The van der Waals surface area contributed by atoms with Crippen LogP contribution in [0.2, 0.25) is 0 Å². The predicted octanol–water partition coefficient (Wildman–Crippen LogP) is 4.64. The second-order valence-corrected chi connectivity index (χ2v) is 6.48. The van der Waals surface area contributed by atoms with Gasteiger partial charge in [-0.1, -0.05) is 36.4 Å². The van der Waals surface area contributed by atoms with Gasteiger partial charge in [0.2, 0.25) is 0 Å². The molecule has 5 heteroatoms. The first-order chi connectivity index (χ1) is 12.7. The van der Waals surface area contributed by atoms with E-state index in [1.165, 1.54) is 0 Å². The molecule has 130 valence electrons. The van der Waals surface area contributed by atoms with Gasteiger partial charge in [0.15, 0.2) is 0 Å². The first-order valence-electron chi connectivity index (χ1n) is 8.47. The van der Waals surface area contributed by atoms with Crippen LogP contribution in [0.3, 0.4) is 0 Å². The molecule has 1 aliphatic rings. The summed E-state index contributed by atoms with van der Waals surface area (Å²) in [6, 6.07) is 17.2. The highest BCUT2D eigenvalue weighted by molar-refractivity contribution is 6.17. The number of unbranched alkanes of at least 4 members (excludes halogenated alkanes) is 1. The number of benzene rings is 2. The summed E-state index contributed by atoms with van der Waals surface area (Å²) in [5.74, 6) is -1.03. The predicted molar refractivity (Wildman–Crippen MR) is 98.7 cm³/mol. The molecule has 2 aromatic carbocycles. The van der Waals surface area contributed by atoms with Crippen LogP contribution in [0.5, 0.6) is 0 Å². The van der Waals surface area contributed by atoms with E-state index in [2.05, 4.69) is 12.1 Å². The minimum absolute atomic E-state index is 0.319. The molecule has 3 rings (SSSR count). The van der Waals surface area contributed by atoms with Crippen molar-refractivity contribution in [3.63, 3.8) is 0 Å². The molecule has 0 bridgehead atoms. The Hall–Kier alpha value is -2.82. The second kappa shape index (κ2) is 8.04. The molecule has 0 heterocycles. The smallest absolute Gasteiger partial charge is 0.338 e. The zero-order valence-electron chi connectivity index (χ0n) is 14.1. The Morgan fingerprint density at radius 2 is 1.81 bits per heavy atom. The average molecular weight is 365 g/mol. The van der Waals surface area contributed by atoms with E-state index in [1.807, 2.05) is 30.3 Å². The fourth-order valence-corrected chi connectivity index (χ4v) is 3.63. The van der Waals surface area contributed by atoms with E-state index < -0.39 is 11.9 Å². The number of ether oxygens (including phenoxy) is 1. The van der Waals surface area contributed by atoms with Crippen LogP contribution in [0, 0.1) is 28.6 Å². The second-order valence-electron chi connectivity index (χ2n) is 6.10. The van der Waals surface area contributed by atoms with Crippen molar-refractivity contribution in [1.82, 2.24) is 0 Å². The maximum absolute atomic E-state index is 12.6. The third-order valence-corrected chi connectivity index (χ3v) is 4.86. The first kappa shape index (κ1) is 18.0. The number of halogens is 1. The number of carbonyl (C=O) groups excluding carboxylic acids is 1. The van der Waals surface area contributed by atoms with Crippen LogP contribution < -0.4 is 0 Å². The Morgan fingerprint density at radius 3 is 2.54 bits per heavy atom. The molecule has 1 atom stereocenters. The van der Waals surface area contributed by atoms with Crippen LogP contribution in [-0.4, -0.2) is 18.5 Å². The van der Waals surface area contributed by atoms with E-state index in [1.54, 1.807) is 12.1 Å². The van der Waals surface area contributed by atoms with Crippen molar-refractivity contribution >= 4 is 17.6 Å². The standard InChI is InChI=1S/C21H17ClN2O2/c22-10-3-4-11-26-21(25)18-9-5-8-17-19(14(12-23)13-24)15-6-1-2-7-16(15)20(17)18/h1-2,5-9,14,19H,3-4,10-11H2. The van der Waals surface area contributed by atoms with Crippen LogP contribution in [0.1, 0.15) is 40.2 Å². The molecule has 0 aromatic heterocycles. The van der Waals surface area contributed by atoms with Crippen LogP contribution in [0.25, 0.3) is 11.1 Å². The normalized spacial score (nSPS) is 14.2. The summed E-state index contributed by atoms with van der Waals surface area (Å²) < 4.78 is 5.39. The highest BCUT2D eigenvalue weighted by Crippen LogP contribution is 2.49. The number of hydrogen-bond acceptors (Lipinski definition) is 4. The summed E-state index contributed by atoms with van der Waals surface area (Å²) in [5, 5.41) is 18.8. The molecule has 2 aromatic rings. The van der Waals surface area contributed by atoms with Gasteiger partial charge in [0.1, 0.15) is 5.92 Å². The van der Waals surface area contributed by atoms with Gasteiger partial charge in [-0.05, 0) is 35.6 Å². The van der Waals surface area contributed by atoms with E-state index in [4.69, 9.17) is 16.3 Å². The molecule has 0 saturated heterocycles. The molecule has 0 radical (unpaired) electrons. The quantitative estimate of drug-likeness (QED) is 0.425. The van der Waals surface area contributed by atoms with Gasteiger partial charge in [0.25, 0.3) is 0 Å². The van der Waals surface area contributed by atoms with Gasteiger partial charge in [-0.25, -0.2) is 4.79 Å². The van der Waals surface area contributed by atoms with Crippen molar-refractivity contribution in [3.8, 4) is 23.3 Å². The maximum atomic E-state index is 12.6. The zero-order valence-corrected chi connectivity index (χ0v) is 14.9. The van der Waals surface area contributed by atoms with Crippen molar-refractivity contribution in [3.05, 3.63) is 59.2 Å². The molecule has 0 saturated carbocycles. The minimum Gasteiger partial charge on any atom is -0.462 e. The number of fused-ring (bicyclic) bond motifs is 3. The van der Waals surface area contributed by atoms with E-state index >= 15 is 0 Å². The highest BCUT2D eigenvalue weighted by atomic mass is 35.5. The lowest BCUT2D eigenvalue weighted by molar-refractivity contribution is 0.0501. The van der Waals surface area contributed by atoms with Crippen molar-refractivity contribution in [2.75, 3.05) is 12.5 Å². The topological polar surface area (TPSA) is 73.9 Å². The largest absolute Gasteiger partial charge is 0.462 e. The molecule has 0 amide bonds. The van der Waals surface area contributed by atoms with Crippen LogP contribution in [0.15, 0.2) is 42.5 Å². The summed E-state index contributed by atoms with van der Waals surface area (Å²) in [6.45, 7) is 0.319. The number of hydrogen-bond donors (Lipinski definition) is 0. The van der Waals surface area contributed by atoms with Crippen LogP contribution >= 0.6 is 11.6 Å². The van der Waals surface area contributed by atoms with Crippen molar-refractivity contribution in [2.24, 2.45) is 5.92 Å². The Kier molecular flexibility index (Phi) is 5.56. The van der Waals surface area contributed by atoms with Gasteiger partial charge in [0.05, 0.1) is 24.3 Å². The molecule has 0 aliphatic heterocycles. The maximum Gasteiger partial charge on any atom is 0.338 e. The summed E-state index contributed by atoms with van der Waals surface area (Å²) in [4.78, 5) is 12.6.